The van der Waals surface area contributed by atoms with E-state index in [4.69, 9.17) is 4.98 Å². The van der Waals surface area contributed by atoms with Crippen molar-refractivity contribution in [2.45, 2.75) is 38.3 Å². The molecule has 2 aliphatic heterocycles. The second kappa shape index (κ2) is 6.94. The predicted molar refractivity (Wildman–Crippen MR) is 105 cm³/mol. The zero-order valence-electron chi connectivity index (χ0n) is 15.4. The van der Waals surface area contributed by atoms with Crippen LogP contribution in [0.15, 0.2) is 41.2 Å². The van der Waals surface area contributed by atoms with Gasteiger partial charge in [0.1, 0.15) is 0 Å². The number of H-pyrrole nitrogens is 1. The van der Waals surface area contributed by atoms with E-state index in [-0.39, 0.29) is 5.56 Å². The van der Waals surface area contributed by atoms with Gasteiger partial charge in [0.15, 0.2) is 5.65 Å². The number of hydrogen-bond donors (Lipinski definition) is 2. The van der Waals surface area contributed by atoms with E-state index in [1.165, 1.54) is 12.0 Å². The van der Waals surface area contributed by atoms with Gasteiger partial charge in [0.05, 0.1) is 11.3 Å². The Morgan fingerprint density at radius 2 is 2.11 bits per heavy atom. The van der Waals surface area contributed by atoms with Crippen molar-refractivity contribution in [3.8, 4) is 0 Å². The number of nitrogens with one attached hydrogen (secondary N) is 2. The van der Waals surface area contributed by atoms with Crippen LogP contribution in [0.1, 0.15) is 41.3 Å². The van der Waals surface area contributed by atoms with Crippen LogP contribution in [0, 0.1) is 0 Å². The van der Waals surface area contributed by atoms with Crippen LogP contribution in [0.25, 0.3) is 5.65 Å². The molecule has 27 heavy (non-hydrogen) atoms. The summed E-state index contributed by atoms with van der Waals surface area (Å²) in [6, 6.07) is 12.5. The molecule has 2 N–H and O–H groups in total. The summed E-state index contributed by atoms with van der Waals surface area (Å²) in [4.78, 5) is 20.3. The Bertz CT molecular complexity index is 1000. The molecular formula is C21H25N5O. The molecule has 1 atom stereocenters. The lowest BCUT2D eigenvalue weighted by atomic mass is 9.96. The maximum absolute atomic E-state index is 13.1. The molecule has 1 saturated heterocycles. The zero-order chi connectivity index (χ0) is 18.2. The zero-order valence-corrected chi connectivity index (χ0v) is 15.4. The fraction of sp³-hybridized carbons (Fsp3) is 0.429. The summed E-state index contributed by atoms with van der Waals surface area (Å²) in [7, 11) is 0. The maximum Gasteiger partial charge on any atom is 0.277 e. The lowest BCUT2D eigenvalue weighted by Crippen LogP contribution is -2.36. The third kappa shape index (κ3) is 3.19. The fourth-order valence-corrected chi connectivity index (χ4v) is 4.36. The largest absolute Gasteiger partial charge is 0.316 e. The molecule has 2 aliphatic rings. The Morgan fingerprint density at radius 1 is 1.22 bits per heavy atom. The van der Waals surface area contributed by atoms with Gasteiger partial charge in [-0.15, -0.1) is 0 Å². The van der Waals surface area contributed by atoms with Crippen molar-refractivity contribution >= 4 is 5.65 Å². The van der Waals surface area contributed by atoms with Gasteiger partial charge in [-0.25, -0.2) is 9.50 Å². The van der Waals surface area contributed by atoms with E-state index in [1.807, 2.05) is 6.07 Å². The molecule has 1 fully saturated rings. The molecule has 4 heterocycles. The second-order valence-electron chi connectivity index (χ2n) is 7.74. The number of benzene rings is 1. The average molecular weight is 363 g/mol. The Hall–Kier alpha value is -2.44. The van der Waals surface area contributed by atoms with Crippen LogP contribution >= 0.6 is 0 Å². The van der Waals surface area contributed by atoms with E-state index >= 15 is 0 Å². The molecule has 0 bridgehead atoms. The molecule has 0 spiro atoms. The fourth-order valence-electron chi connectivity index (χ4n) is 4.36. The van der Waals surface area contributed by atoms with Gasteiger partial charge in [0.25, 0.3) is 5.56 Å². The van der Waals surface area contributed by atoms with Crippen molar-refractivity contribution in [3.05, 3.63) is 69.3 Å². The van der Waals surface area contributed by atoms with Gasteiger partial charge in [-0.2, -0.15) is 0 Å². The quantitative estimate of drug-likeness (QED) is 0.748. The summed E-state index contributed by atoms with van der Waals surface area (Å²) in [6.45, 7) is 4.52. The van der Waals surface area contributed by atoms with Crippen LogP contribution in [-0.4, -0.2) is 39.1 Å². The van der Waals surface area contributed by atoms with Gasteiger partial charge in [-0.1, -0.05) is 30.3 Å². The van der Waals surface area contributed by atoms with Gasteiger partial charge in [-0.05, 0) is 24.9 Å². The molecule has 0 aliphatic carbocycles. The molecule has 0 amide bonds. The van der Waals surface area contributed by atoms with E-state index < -0.39 is 0 Å². The van der Waals surface area contributed by atoms with Crippen molar-refractivity contribution < 1.29 is 0 Å². The molecule has 5 rings (SSSR count). The van der Waals surface area contributed by atoms with Crippen LogP contribution in [0.5, 0.6) is 0 Å². The average Bonchev–Trinajstić information content (AvgIpc) is 3.15. The van der Waals surface area contributed by atoms with Crippen molar-refractivity contribution in [2.24, 2.45) is 0 Å². The molecular weight excluding hydrogens is 338 g/mol. The first-order valence-corrected chi connectivity index (χ1v) is 9.88. The molecule has 0 radical (unpaired) electrons. The van der Waals surface area contributed by atoms with Gasteiger partial charge in [-0.3, -0.25) is 14.8 Å². The molecule has 3 aromatic rings. The maximum atomic E-state index is 13.1. The lowest BCUT2D eigenvalue weighted by Gasteiger charge is -2.27. The first-order valence-electron chi connectivity index (χ1n) is 9.88. The molecule has 0 saturated carbocycles. The highest BCUT2D eigenvalue weighted by Crippen LogP contribution is 2.23. The van der Waals surface area contributed by atoms with Gasteiger partial charge in [0, 0.05) is 50.3 Å². The molecule has 1 unspecified atom stereocenters. The van der Waals surface area contributed by atoms with E-state index in [0.717, 1.165) is 61.6 Å². The van der Waals surface area contributed by atoms with E-state index in [0.29, 0.717) is 12.5 Å². The minimum atomic E-state index is 0.0581. The molecule has 1 aromatic carbocycles. The molecule has 140 valence electrons. The van der Waals surface area contributed by atoms with E-state index in [1.54, 1.807) is 4.52 Å². The lowest BCUT2D eigenvalue weighted by molar-refractivity contribution is 0.241. The van der Waals surface area contributed by atoms with Gasteiger partial charge >= 0.3 is 0 Å². The Kier molecular flexibility index (Phi) is 4.30. The Morgan fingerprint density at radius 3 is 2.93 bits per heavy atom. The van der Waals surface area contributed by atoms with E-state index in [9.17, 15) is 4.79 Å². The Balaban J connectivity index is 1.44. The van der Waals surface area contributed by atoms with Crippen molar-refractivity contribution in [1.82, 2.24) is 24.8 Å². The highest BCUT2D eigenvalue weighted by atomic mass is 16.1. The van der Waals surface area contributed by atoms with E-state index in [2.05, 4.69) is 45.6 Å². The number of nitrogens with zero attached hydrogens (tertiary/aromatic N) is 3. The number of aromatic amines is 1. The highest BCUT2D eigenvalue weighted by Gasteiger charge is 2.24. The van der Waals surface area contributed by atoms with Crippen molar-refractivity contribution in [1.29, 1.82) is 0 Å². The van der Waals surface area contributed by atoms with Crippen LogP contribution in [0.4, 0.5) is 0 Å². The topological polar surface area (TPSA) is 65.4 Å². The SMILES string of the molecule is O=c1c2c(nc3cc(C4CCCNC4)[nH]n13)CCN(Cc1ccccc1)C2. The standard InChI is InChI=1S/C21H25N5O/c27-21-17-14-25(13-15-5-2-1-3-6-15)10-8-18(17)23-20-11-19(24-26(20)21)16-7-4-9-22-12-16/h1-3,5-6,11,16,22,24H,4,7-10,12-14H2. The number of hydrogen-bond acceptors (Lipinski definition) is 4. The normalized spacial score (nSPS) is 20.7. The van der Waals surface area contributed by atoms with Crippen LogP contribution in [0.2, 0.25) is 0 Å². The smallest absolute Gasteiger partial charge is 0.277 e. The number of aromatic nitrogens is 3. The predicted octanol–water partition coefficient (Wildman–Crippen LogP) is 2.05. The van der Waals surface area contributed by atoms with Crippen LogP contribution in [-0.2, 0) is 19.5 Å². The highest BCUT2D eigenvalue weighted by molar-refractivity contribution is 5.43. The monoisotopic (exact) mass is 363 g/mol. The summed E-state index contributed by atoms with van der Waals surface area (Å²) in [5, 5.41) is 6.77. The molecule has 2 aromatic heterocycles. The summed E-state index contributed by atoms with van der Waals surface area (Å²) in [5.41, 5.74) is 5.03. The van der Waals surface area contributed by atoms with Gasteiger partial charge < -0.3 is 5.32 Å². The first-order chi connectivity index (χ1) is 13.3. The summed E-state index contributed by atoms with van der Waals surface area (Å²) < 4.78 is 1.65. The second-order valence-corrected chi connectivity index (χ2v) is 7.74. The van der Waals surface area contributed by atoms with Gasteiger partial charge in [0.2, 0.25) is 0 Å². The van der Waals surface area contributed by atoms with Crippen LogP contribution < -0.4 is 10.9 Å². The summed E-state index contributed by atoms with van der Waals surface area (Å²) >= 11 is 0. The number of piperidine rings is 1. The first kappa shape index (κ1) is 16.7. The summed E-state index contributed by atoms with van der Waals surface area (Å²) in [5.74, 6) is 0.437. The van der Waals surface area contributed by atoms with Crippen molar-refractivity contribution in [2.75, 3.05) is 19.6 Å². The minimum absolute atomic E-state index is 0.0581. The minimum Gasteiger partial charge on any atom is -0.316 e. The number of rotatable bonds is 3. The molecule has 6 nitrogen and oxygen atoms in total. The Labute approximate surface area is 158 Å². The van der Waals surface area contributed by atoms with Crippen LogP contribution in [0.3, 0.4) is 0 Å². The molecule has 6 heteroatoms. The number of fused-ring (bicyclic) bond motifs is 2. The third-order valence-corrected chi connectivity index (χ3v) is 5.85. The third-order valence-electron chi connectivity index (χ3n) is 5.85. The van der Waals surface area contributed by atoms with Crippen molar-refractivity contribution in [3.63, 3.8) is 0 Å². The summed E-state index contributed by atoms with van der Waals surface area (Å²) in [6.07, 6.45) is 3.16.